The van der Waals surface area contributed by atoms with Crippen LogP contribution in [0.1, 0.15) is 11.1 Å². The lowest BCUT2D eigenvalue weighted by atomic mass is 9.94. The van der Waals surface area contributed by atoms with E-state index < -0.39 is 23.9 Å². The fraction of sp³-hybridized carbons (Fsp3) is 0.200. The second-order valence-electron chi connectivity index (χ2n) is 4.55. The second-order valence-corrected chi connectivity index (χ2v) is 5.11. The molecule has 0 fully saturated rings. The number of alkyl halides is 7. The summed E-state index contributed by atoms with van der Waals surface area (Å²) in [5, 5.41) is 0.122. The summed E-state index contributed by atoms with van der Waals surface area (Å²) in [6, 6.07) is 8.08. The lowest BCUT2D eigenvalue weighted by molar-refractivity contribution is -0.274. The van der Waals surface area contributed by atoms with Crippen LogP contribution in [0.25, 0.3) is 11.1 Å². The van der Waals surface area contributed by atoms with E-state index in [0.29, 0.717) is 5.56 Å². The van der Waals surface area contributed by atoms with Crippen LogP contribution in [0.5, 0.6) is 5.75 Å². The van der Waals surface area contributed by atoms with Crippen molar-refractivity contribution in [2.24, 2.45) is 0 Å². The average Bonchev–Trinajstić information content (AvgIpc) is 2.44. The maximum Gasteiger partial charge on any atom is 0.573 e. The monoisotopic (exact) mass is 398 g/mol. The van der Waals surface area contributed by atoms with Crippen LogP contribution in [-0.4, -0.2) is 6.36 Å². The standard InChI is InChI=1S/C15H9BrF6O/c16-8-10-4-2-6-12(14(17,18)19)13(10)9-3-1-5-11(7-9)23-15(20,21)22/h1-7H,8H2. The molecular formula is C15H9BrF6O. The van der Waals surface area contributed by atoms with Gasteiger partial charge in [-0.25, -0.2) is 0 Å². The molecule has 0 N–H and O–H groups in total. The number of ether oxygens (including phenoxy) is 1. The molecule has 0 atom stereocenters. The molecule has 8 heteroatoms. The van der Waals surface area contributed by atoms with Gasteiger partial charge in [-0.2, -0.15) is 13.2 Å². The summed E-state index contributed by atoms with van der Waals surface area (Å²) in [5.41, 5.74) is -0.791. The summed E-state index contributed by atoms with van der Waals surface area (Å²) in [6.45, 7) is 0. The summed E-state index contributed by atoms with van der Waals surface area (Å²) in [5.74, 6) is -0.576. The van der Waals surface area contributed by atoms with Crippen LogP contribution < -0.4 is 4.74 Å². The molecule has 2 aromatic carbocycles. The third-order valence-corrected chi connectivity index (χ3v) is 3.56. The zero-order valence-corrected chi connectivity index (χ0v) is 12.9. The van der Waals surface area contributed by atoms with E-state index in [2.05, 4.69) is 20.7 Å². The van der Waals surface area contributed by atoms with E-state index in [1.807, 2.05) is 0 Å². The zero-order chi connectivity index (χ0) is 17.3. The van der Waals surface area contributed by atoms with Gasteiger partial charge in [0.15, 0.2) is 0 Å². The molecular weight excluding hydrogens is 390 g/mol. The number of benzene rings is 2. The minimum Gasteiger partial charge on any atom is -0.406 e. The third-order valence-electron chi connectivity index (χ3n) is 2.96. The topological polar surface area (TPSA) is 9.23 Å². The predicted octanol–water partition coefficient (Wildman–Crippen LogP) is 6.17. The number of rotatable bonds is 3. The average molecular weight is 399 g/mol. The summed E-state index contributed by atoms with van der Waals surface area (Å²) in [6.07, 6.45) is -9.55. The first-order valence-electron chi connectivity index (χ1n) is 6.23. The maximum absolute atomic E-state index is 13.2. The van der Waals surface area contributed by atoms with Crippen molar-refractivity contribution in [3.05, 3.63) is 53.6 Å². The van der Waals surface area contributed by atoms with Gasteiger partial charge in [0.25, 0.3) is 0 Å². The summed E-state index contributed by atoms with van der Waals surface area (Å²) in [7, 11) is 0. The molecule has 0 spiro atoms. The van der Waals surface area contributed by atoms with Crippen molar-refractivity contribution in [3.8, 4) is 16.9 Å². The molecule has 23 heavy (non-hydrogen) atoms. The van der Waals surface area contributed by atoms with Gasteiger partial charge in [0.2, 0.25) is 0 Å². The number of hydrogen-bond donors (Lipinski definition) is 0. The molecule has 0 bridgehead atoms. The minimum absolute atomic E-state index is 0.00544. The lowest BCUT2D eigenvalue weighted by Gasteiger charge is -2.17. The van der Waals surface area contributed by atoms with E-state index in [-0.39, 0.29) is 16.5 Å². The molecule has 0 aliphatic heterocycles. The van der Waals surface area contributed by atoms with Gasteiger partial charge in [-0.05, 0) is 34.9 Å². The van der Waals surface area contributed by atoms with Crippen LogP contribution in [0.3, 0.4) is 0 Å². The van der Waals surface area contributed by atoms with Crippen LogP contribution in [-0.2, 0) is 11.5 Å². The second kappa shape index (κ2) is 6.43. The van der Waals surface area contributed by atoms with E-state index in [1.165, 1.54) is 24.3 Å². The quantitative estimate of drug-likeness (QED) is 0.444. The lowest BCUT2D eigenvalue weighted by Crippen LogP contribution is -2.17. The molecule has 124 valence electrons. The Labute approximate surface area is 136 Å². The zero-order valence-electron chi connectivity index (χ0n) is 11.3. The van der Waals surface area contributed by atoms with Crippen molar-refractivity contribution in [3.63, 3.8) is 0 Å². The molecule has 0 saturated carbocycles. The highest BCUT2D eigenvalue weighted by atomic mass is 79.9. The van der Waals surface area contributed by atoms with E-state index in [9.17, 15) is 26.3 Å². The smallest absolute Gasteiger partial charge is 0.406 e. The van der Waals surface area contributed by atoms with Gasteiger partial charge >= 0.3 is 12.5 Å². The van der Waals surface area contributed by atoms with Gasteiger partial charge in [0.05, 0.1) is 5.56 Å². The summed E-state index contributed by atoms with van der Waals surface area (Å²) < 4.78 is 80.2. The molecule has 0 unspecified atom stereocenters. The molecule has 0 radical (unpaired) electrons. The Morgan fingerprint density at radius 3 is 2.13 bits per heavy atom. The highest BCUT2D eigenvalue weighted by Gasteiger charge is 2.35. The van der Waals surface area contributed by atoms with E-state index in [0.717, 1.165) is 18.2 Å². The molecule has 0 aromatic heterocycles. The SMILES string of the molecule is FC(F)(F)Oc1cccc(-c2c(CBr)cccc2C(F)(F)F)c1. The molecule has 0 saturated heterocycles. The van der Waals surface area contributed by atoms with Crippen molar-refractivity contribution >= 4 is 15.9 Å². The Hall–Kier alpha value is -1.70. The molecule has 2 rings (SSSR count). The molecule has 0 aliphatic carbocycles. The van der Waals surface area contributed by atoms with Crippen LogP contribution in [0.2, 0.25) is 0 Å². The van der Waals surface area contributed by atoms with E-state index in [4.69, 9.17) is 0 Å². The Morgan fingerprint density at radius 2 is 1.57 bits per heavy atom. The van der Waals surface area contributed by atoms with E-state index >= 15 is 0 Å². The fourth-order valence-corrected chi connectivity index (χ4v) is 2.60. The highest BCUT2D eigenvalue weighted by Crippen LogP contribution is 2.40. The van der Waals surface area contributed by atoms with Crippen LogP contribution >= 0.6 is 15.9 Å². The predicted molar refractivity (Wildman–Crippen MR) is 76.2 cm³/mol. The molecule has 2 aromatic rings. The van der Waals surface area contributed by atoms with Gasteiger partial charge in [-0.15, -0.1) is 13.2 Å². The number of hydrogen-bond acceptors (Lipinski definition) is 1. The van der Waals surface area contributed by atoms with Crippen molar-refractivity contribution in [1.82, 2.24) is 0 Å². The Balaban J connectivity index is 2.60. The Bertz CT molecular complexity index is 693. The molecule has 0 amide bonds. The van der Waals surface area contributed by atoms with Crippen LogP contribution in [0.15, 0.2) is 42.5 Å². The van der Waals surface area contributed by atoms with Gasteiger partial charge in [-0.1, -0.05) is 40.2 Å². The van der Waals surface area contributed by atoms with Crippen molar-refractivity contribution in [1.29, 1.82) is 0 Å². The Morgan fingerprint density at radius 1 is 0.913 bits per heavy atom. The first-order valence-corrected chi connectivity index (χ1v) is 7.35. The van der Waals surface area contributed by atoms with Gasteiger partial charge < -0.3 is 4.74 Å². The minimum atomic E-state index is -4.92. The molecule has 0 heterocycles. The van der Waals surface area contributed by atoms with Gasteiger partial charge in [0, 0.05) is 5.33 Å². The summed E-state index contributed by atoms with van der Waals surface area (Å²) >= 11 is 3.10. The number of halogens is 7. The third kappa shape index (κ3) is 4.40. The van der Waals surface area contributed by atoms with Crippen molar-refractivity contribution in [2.75, 3.05) is 0 Å². The van der Waals surface area contributed by atoms with Crippen LogP contribution in [0.4, 0.5) is 26.3 Å². The Kier molecular flexibility index (Phi) is 4.93. The van der Waals surface area contributed by atoms with Crippen molar-refractivity contribution in [2.45, 2.75) is 17.9 Å². The summed E-state index contributed by atoms with van der Waals surface area (Å²) in [4.78, 5) is 0. The van der Waals surface area contributed by atoms with Crippen LogP contribution in [0, 0.1) is 0 Å². The fourth-order valence-electron chi connectivity index (χ4n) is 2.14. The van der Waals surface area contributed by atoms with Crippen molar-refractivity contribution < 1.29 is 31.1 Å². The maximum atomic E-state index is 13.2. The van der Waals surface area contributed by atoms with E-state index in [1.54, 1.807) is 0 Å². The largest absolute Gasteiger partial charge is 0.573 e. The highest BCUT2D eigenvalue weighted by molar-refractivity contribution is 9.08. The first-order chi connectivity index (χ1) is 10.6. The normalized spacial score (nSPS) is 12.3. The first kappa shape index (κ1) is 17.7. The molecule has 1 nitrogen and oxygen atoms in total. The van der Waals surface area contributed by atoms with Gasteiger partial charge in [0.1, 0.15) is 5.75 Å². The molecule has 0 aliphatic rings. The van der Waals surface area contributed by atoms with Gasteiger partial charge in [-0.3, -0.25) is 0 Å².